The number of hydrogen-bond acceptors (Lipinski definition) is 2. The molecule has 102 valence electrons. The van der Waals surface area contributed by atoms with Crippen molar-refractivity contribution in [2.75, 3.05) is 25.0 Å². The molecule has 0 aliphatic heterocycles. The number of benzene rings is 1. The quantitative estimate of drug-likeness (QED) is 0.748. The fourth-order valence-electron chi connectivity index (χ4n) is 2.03. The maximum absolute atomic E-state index is 14.0. The van der Waals surface area contributed by atoms with Crippen molar-refractivity contribution < 1.29 is 4.39 Å². The lowest BCUT2D eigenvalue weighted by atomic mass is 10.1. The van der Waals surface area contributed by atoms with Crippen LogP contribution >= 0.6 is 0 Å². The van der Waals surface area contributed by atoms with Crippen LogP contribution in [0, 0.1) is 11.7 Å². The molecule has 0 saturated heterocycles. The molecule has 0 heterocycles. The summed E-state index contributed by atoms with van der Waals surface area (Å²) in [5, 5.41) is 3.28. The van der Waals surface area contributed by atoms with Crippen LogP contribution in [-0.2, 0) is 6.54 Å². The Morgan fingerprint density at radius 2 is 2.06 bits per heavy atom. The van der Waals surface area contributed by atoms with E-state index in [1.54, 1.807) is 6.07 Å². The molecule has 0 radical (unpaired) electrons. The Kier molecular flexibility index (Phi) is 6.13. The van der Waals surface area contributed by atoms with Crippen molar-refractivity contribution in [3.63, 3.8) is 0 Å². The molecule has 3 heteroatoms. The molecule has 2 nitrogen and oxygen atoms in total. The van der Waals surface area contributed by atoms with Crippen molar-refractivity contribution in [2.24, 2.45) is 5.92 Å². The maximum Gasteiger partial charge on any atom is 0.146 e. The molecule has 0 aromatic heterocycles. The maximum atomic E-state index is 14.0. The highest BCUT2D eigenvalue weighted by molar-refractivity contribution is 5.48. The summed E-state index contributed by atoms with van der Waals surface area (Å²) in [6, 6.07) is 5.51. The van der Waals surface area contributed by atoms with E-state index in [1.807, 2.05) is 24.1 Å². The van der Waals surface area contributed by atoms with E-state index in [2.05, 4.69) is 26.1 Å². The van der Waals surface area contributed by atoms with Crippen LogP contribution in [0.3, 0.4) is 0 Å². The van der Waals surface area contributed by atoms with Crippen molar-refractivity contribution in [3.8, 4) is 0 Å². The summed E-state index contributed by atoms with van der Waals surface area (Å²) < 4.78 is 14.0. The third kappa shape index (κ3) is 4.65. The van der Waals surface area contributed by atoms with Gasteiger partial charge in [-0.25, -0.2) is 4.39 Å². The van der Waals surface area contributed by atoms with Gasteiger partial charge in [0.25, 0.3) is 0 Å². The average molecular weight is 252 g/mol. The van der Waals surface area contributed by atoms with E-state index in [1.165, 1.54) is 0 Å². The van der Waals surface area contributed by atoms with Crippen LogP contribution in [0.25, 0.3) is 0 Å². The van der Waals surface area contributed by atoms with Crippen molar-refractivity contribution >= 4 is 5.69 Å². The molecular weight excluding hydrogens is 227 g/mol. The van der Waals surface area contributed by atoms with Gasteiger partial charge in [0.1, 0.15) is 5.82 Å². The Bertz CT molecular complexity index is 364. The number of rotatable bonds is 7. The first-order valence-electron chi connectivity index (χ1n) is 6.74. The van der Waals surface area contributed by atoms with E-state index in [0.717, 1.165) is 31.6 Å². The molecule has 0 bridgehead atoms. The Morgan fingerprint density at radius 3 is 2.61 bits per heavy atom. The van der Waals surface area contributed by atoms with Gasteiger partial charge in [-0.1, -0.05) is 26.8 Å². The van der Waals surface area contributed by atoms with Gasteiger partial charge in [-0.05, 0) is 36.6 Å². The lowest BCUT2D eigenvalue weighted by Crippen LogP contribution is -2.23. The molecule has 0 amide bonds. The van der Waals surface area contributed by atoms with Crippen molar-refractivity contribution in [2.45, 2.75) is 33.7 Å². The van der Waals surface area contributed by atoms with E-state index in [-0.39, 0.29) is 5.82 Å². The molecule has 1 rings (SSSR count). The van der Waals surface area contributed by atoms with E-state index in [4.69, 9.17) is 0 Å². The van der Waals surface area contributed by atoms with Crippen LogP contribution in [0.5, 0.6) is 0 Å². The van der Waals surface area contributed by atoms with Gasteiger partial charge in [0.15, 0.2) is 0 Å². The minimum atomic E-state index is -0.131. The van der Waals surface area contributed by atoms with Crippen LogP contribution in [0.15, 0.2) is 18.2 Å². The number of nitrogens with one attached hydrogen (secondary N) is 1. The molecule has 1 N–H and O–H groups in total. The standard InChI is InChI=1S/C15H25FN2/c1-5-8-17-10-13-6-7-15(14(16)9-13)18(4)11-12(2)3/h6-7,9,12,17H,5,8,10-11H2,1-4H3. The molecule has 0 atom stereocenters. The molecule has 1 aromatic rings. The van der Waals surface area contributed by atoms with E-state index in [0.29, 0.717) is 11.6 Å². The van der Waals surface area contributed by atoms with Crippen LogP contribution < -0.4 is 10.2 Å². The topological polar surface area (TPSA) is 15.3 Å². The van der Waals surface area contributed by atoms with Crippen LogP contribution in [0.1, 0.15) is 32.8 Å². The SMILES string of the molecule is CCCNCc1ccc(N(C)CC(C)C)c(F)c1. The Labute approximate surface area is 110 Å². The van der Waals surface area contributed by atoms with Crippen molar-refractivity contribution in [1.82, 2.24) is 5.32 Å². The number of nitrogens with zero attached hydrogens (tertiary/aromatic N) is 1. The monoisotopic (exact) mass is 252 g/mol. The predicted octanol–water partition coefficient (Wildman–Crippen LogP) is 3.42. The second kappa shape index (κ2) is 7.37. The minimum absolute atomic E-state index is 0.131. The molecule has 0 aliphatic rings. The summed E-state index contributed by atoms with van der Waals surface area (Å²) in [5.41, 5.74) is 1.69. The highest BCUT2D eigenvalue weighted by Gasteiger charge is 2.09. The summed E-state index contributed by atoms with van der Waals surface area (Å²) >= 11 is 0. The molecule has 18 heavy (non-hydrogen) atoms. The van der Waals surface area contributed by atoms with Gasteiger partial charge < -0.3 is 10.2 Å². The zero-order chi connectivity index (χ0) is 13.5. The lowest BCUT2D eigenvalue weighted by molar-refractivity contribution is 0.595. The molecular formula is C15H25FN2. The summed E-state index contributed by atoms with van der Waals surface area (Å²) in [6.07, 6.45) is 1.09. The normalized spacial score (nSPS) is 11.0. The summed E-state index contributed by atoms with van der Waals surface area (Å²) in [6.45, 7) is 8.96. The molecule has 0 spiro atoms. The van der Waals surface area contributed by atoms with Crippen LogP contribution in [0.2, 0.25) is 0 Å². The largest absolute Gasteiger partial charge is 0.372 e. The van der Waals surface area contributed by atoms with E-state index in [9.17, 15) is 4.39 Å². The fourth-order valence-corrected chi connectivity index (χ4v) is 2.03. The zero-order valence-electron chi connectivity index (χ0n) is 12.0. The minimum Gasteiger partial charge on any atom is -0.372 e. The van der Waals surface area contributed by atoms with Gasteiger partial charge in [-0.15, -0.1) is 0 Å². The molecule has 0 aliphatic carbocycles. The van der Waals surface area contributed by atoms with Gasteiger partial charge in [0.05, 0.1) is 5.69 Å². The first-order valence-corrected chi connectivity index (χ1v) is 6.74. The molecule has 1 aromatic carbocycles. The van der Waals surface area contributed by atoms with Crippen LogP contribution in [0.4, 0.5) is 10.1 Å². The Morgan fingerprint density at radius 1 is 1.33 bits per heavy atom. The average Bonchev–Trinajstić information content (AvgIpc) is 2.28. The van der Waals surface area contributed by atoms with Crippen molar-refractivity contribution in [1.29, 1.82) is 0 Å². The zero-order valence-corrected chi connectivity index (χ0v) is 12.0. The first kappa shape index (κ1) is 15.0. The van der Waals surface area contributed by atoms with Gasteiger partial charge in [0.2, 0.25) is 0 Å². The van der Waals surface area contributed by atoms with Crippen LogP contribution in [-0.4, -0.2) is 20.1 Å². The summed E-state index contributed by atoms with van der Waals surface area (Å²) in [5.74, 6) is 0.397. The third-order valence-corrected chi connectivity index (χ3v) is 2.82. The molecule has 0 unspecified atom stereocenters. The van der Waals surface area contributed by atoms with E-state index < -0.39 is 0 Å². The molecule has 0 fully saturated rings. The fraction of sp³-hybridized carbons (Fsp3) is 0.600. The second-order valence-electron chi connectivity index (χ2n) is 5.24. The Hall–Kier alpha value is -1.09. The first-order chi connectivity index (χ1) is 8.54. The van der Waals surface area contributed by atoms with E-state index >= 15 is 0 Å². The summed E-state index contributed by atoms with van der Waals surface area (Å²) in [7, 11) is 1.94. The van der Waals surface area contributed by atoms with Crippen molar-refractivity contribution in [3.05, 3.63) is 29.6 Å². The highest BCUT2D eigenvalue weighted by atomic mass is 19.1. The summed E-state index contributed by atoms with van der Waals surface area (Å²) in [4.78, 5) is 1.98. The highest BCUT2D eigenvalue weighted by Crippen LogP contribution is 2.20. The van der Waals surface area contributed by atoms with Gasteiger partial charge in [0, 0.05) is 20.1 Å². The Balaban J connectivity index is 2.67. The third-order valence-electron chi connectivity index (χ3n) is 2.82. The molecule has 0 saturated carbocycles. The van der Waals surface area contributed by atoms with Gasteiger partial charge in [-0.3, -0.25) is 0 Å². The van der Waals surface area contributed by atoms with Gasteiger partial charge >= 0.3 is 0 Å². The number of hydrogen-bond donors (Lipinski definition) is 1. The van der Waals surface area contributed by atoms with Gasteiger partial charge in [-0.2, -0.15) is 0 Å². The number of anilines is 1. The lowest BCUT2D eigenvalue weighted by Gasteiger charge is -2.22. The smallest absolute Gasteiger partial charge is 0.146 e. The second-order valence-corrected chi connectivity index (χ2v) is 5.24. The number of halogens is 1. The predicted molar refractivity (Wildman–Crippen MR) is 76.5 cm³/mol.